The fraction of sp³-hybridized carbons (Fsp3) is 0.300. The van der Waals surface area contributed by atoms with E-state index in [2.05, 4.69) is 4.98 Å². The van der Waals surface area contributed by atoms with Crippen LogP contribution in [0.5, 0.6) is 5.75 Å². The van der Waals surface area contributed by atoms with E-state index in [0.29, 0.717) is 0 Å². The number of nitrogens with two attached hydrogens (primary N) is 1. The van der Waals surface area contributed by atoms with E-state index in [1.165, 1.54) is 11.3 Å². The molecule has 80 valence electrons. The summed E-state index contributed by atoms with van der Waals surface area (Å²) in [4.78, 5) is 4.34. The molecule has 0 aliphatic rings. The van der Waals surface area contributed by atoms with Crippen molar-refractivity contribution in [1.29, 1.82) is 0 Å². The second kappa shape index (κ2) is 4.14. The highest BCUT2D eigenvalue weighted by molar-refractivity contribution is 7.18. The molecule has 0 amide bonds. The highest BCUT2D eigenvalue weighted by Crippen LogP contribution is 2.28. The summed E-state index contributed by atoms with van der Waals surface area (Å²) in [7, 11) is 1.63. The lowest BCUT2D eigenvalue weighted by atomic mass is 10.3. The Morgan fingerprint density at radius 3 is 3.07 bits per heavy atom. The zero-order valence-corrected chi connectivity index (χ0v) is 9.12. The first-order valence-corrected chi connectivity index (χ1v) is 5.37. The van der Waals surface area contributed by atoms with Crippen molar-refractivity contribution < 1.29 is 9.84 Å². The average Bonchev–Trinajstić information content (AvgIpc) is 2.70. The molecular weight excluding hydrogens is 212 g/mol. The lowest BCUT2D eigenvalue weighted by molar-refractivity contribution is 0.268. The minimum atomic E-state index is -0.395. The molecule has 0 aliphatic carbocycles. The lowest BCUT2D eigenvalue weighted by Gasteiger charge is -2.00. The van der Waals surface area contributed by atoms with Crippen LogP contribution in [0.2, 0.25) is 0 Å². The molecule has 4 nitrogen and oxygen atoms in total. The van der Waals surface area contributed by atoms with Crippen molar-refractivity contribution in [3.8, 4) is 5.75 Å². The molecule has 0 saturated carbocycles. The number of fused-ring (bicyclic) bond motifs is 1. The number of aliphatic hydroxyl groups excluding tert-OH is 1. The first-order chi connectivity index (χ1) is 7.24. The largest absolute Gasteiger partial charge is 0.497 e. The third kappa shape index (κ3) is 1.94. The Labute approximate surface area is 91.3 Å². The number of nitrogens with zero attached hydrogens (tertiary/aromatic N) is 1. The summed E-state index contributed by atoms with van der Waals surface area (Å²) in [5, 5.41) is 9.68. The Kier molecular flexibility index (Phi) is 2.86. The van der Waals surface area contributed by atoms with Gasteiger partial charge in [-0.05, 0) is 18.2 Å². The van der Waals surface area contributed by atoms with Crippen molar-refractivity contribution >= 4 is 21.6 Å². The summed E-state index contributed by atoms with van der Waals surface area (Å²) in [5.74, 6) is 0.801. The Hall–Kier alpha value is -1.17. The van der Waals surface area contributed by atoms with Crippen molar-refractivity contribution in [3.63, 3.8) is 0 Å². The Morgan fingerprint density at radius 1 is 1.60 bits per heavy atom. The number of thiazole rings is 1. The Bertz CT molecular complexity index is 469. The summed E-state index contributed by atoms with van der Waals surface area (Å²) in [6.45, 7) is -0.0864. The van der Waals surface area contributed by atoms with Crippen LogP contribution >= 0.6 is 11.3 Å². The van der Waals surface area contributed by atoms with E-state index in [1.807, 2.05) is 18.2 Å². The van der Waals surface area contributed by atoms with Gasteiger partial charge in [0.1, 0.15) is 10.8 Å². The quantitative estimate of drug-likeness (QED) is 0.824. The molecule has 0 spiro atoms. The average molecular weight is 224 g/mol. The molecule has 0 saturated heterocycles. The summed E-state index contributed by atoms with van der Waals surface area (Å²) >= 11 is 1.48. The summed E-state index contributed by atoms with van der Waals surface area (Å²) in [6.07, 6.45) is 0. The number of hydrogen-bond donors (Lipinski definition) is 2. The van der Waals surface area contributed by atoms with Gasteiger partial charge in [0, 0.05) is 0 Å². The molecule has 0 radical (unpaired) electrons. The molecule has 1 heterocycles. The molecule has 0 fully saturated rings. The van der Waals surface area contributed by atoms with Crippen LogP contribution in [-0.4, -0.2) is 23.8 Å². The minimum Gasteiger partial charge on any atom is -0.497 e. The third-order valence-electron chi connectivity index (χ3n) is 2.13. The van der Waals surface area contributed by atoms with E-state index in [-0.39, 0.29) is 6.61 Å². The number of ether oxygens (including phenoxy) is 1. The van der Waals surface area contributed by atoms with Crippen molar-refractivity contribution in [1.82, 2.24) is 4.98 Å². The molecule has 1 aromatic carbocycles. The maximum absolute atomic E-state index is 8.93. The SMILES string of the molecule is COc1ccc2nc(C(N)CO)sc2c1. The van der Waals surface area contributed by atoms with E-state index < -0.39 is 6.04 Å². The van der Waals surface area contributed by atoms with Crippen molar-refractivity contribution in [3.05, 3.63) is 23.2 Å². The van der Waals surface area contributed by atoms with Crippen LogP contribution in [0.15, 0.2) is 18.2 Å². The van der Waals surface area contributed by atoms with Crippen LogP contribution in [-0.2, 0) is 0 Å². The van der Waals surface area contributed by atoms with Gasteiger partial charge in [-0.15, -0.1) is 11.3 Å². The number of aliphatic hydroxyl groups is 1. The minimum absolute atomic E-state index is 0.0864. The van der Waals surface area contributed by atoms with Crippen LogP contribution in [0.4, 0.5) is 0 Å². The zero-order valence-electron chi connectivity index (χ0n) is 8.30. The lowest BCUT2D eigenvalue weighted by Crippen LogP contribution is -2.13. The monoisotopic (exact) mass is 224 g/mol. The van der Waals surface area contributed by atoms with Crippen molar-refractivity contribution in [2.45, 2.75) is 6.04 Å². The fourth-order valence-electron chi connectivity index (χ4n) is 1.29. The van der Waals surface area contributed by atoms with Gasteiger partial charge in [0.2, 0.25) is 0 Å². The normalized spacial score (nSPS) is 13.0. The predicted molar refractivity (Wildman–Crippen MR) is 60.2 cm³/mol. The van der Waals surface area contributed by atoms with E-state index in [4.69, 9.17) is 15.6 Å². The van der Waals surface area contributed by atoms with Crippen LogP contribution in [0.3, 0.4) is 0 Å². The molecule has 0 aliphatic heterocycles. The second-order valence-electron chi connectivity index (χ2n) is 3.17. The number of benzene rings is 1. The van der Waals surface area contributed by atoms with E-state index in [0.717, 1.165) is 21.0 Å². The molecular formula is C10H12N2O2S. The van der Waals surface area contributed by atoms with Gasteiger partial charge >= 0.3 is 0 Å². The van der Waals surface area contributed by atoms with E-state index in [9.17, 15) is 0 Å². The van der Waals surface area contributed by atoms with E-state index in [1.54, 1.807) is 7.11 Å². The van der Waals surface area contributed by atoms with Crippen molar-refractivity contribution in [2.75, 3.05) is 13.7 Å². The van der Waals surface area contributed by atoms with Gasteiger partial charge in [-0.3, -0.25) is 0 Å². The first-order valence-electron chi connectivity index (χ1n) is 4.55. The molecule has 5 heteroatoms. The summed E-state index contributed by atoms with van der Waals surface area (Å²) in [6, 6.07) is 5.27. The molecule has 1 aromatic heterocycles. The van der Waals surface area contributed by atoms with Gasteiger partial charge in [-0.2, -0.15) is 0 Å². The maximum Gasteiger partial charge on any atom is 0.120 e. The van der Waals surface area contributed by atoms with Crippen LogP contribution in [0.25, 0.3) is 10.2 Å². The fourth-order valence-corrected chi connectivity index (χ4v) is 2.27. The van der Waals surface area contributed by atoms with Gasteiger partial charge in [0.25, 0.3) is 0 Å². The summed E-state index contributed by atoms with van der Waals surface area (Å²) < 4.78 is 6.14. The van der Waals surface area contributed by atoms with Gasteiger partial charge in [-0.1, -0.05) is 0 Å². The standard InChI is InChI=1S/C10H12N2O2S/c1-14-6-2-3-8-9(4-6)15-10(12-8)7(11)5-13/h2-4,7,13H,5,11H2,1H3. The summed E-state index contributed by atoms with van der Waals surface area (Å²) in [5.41, 5.74) is 6.58. The van der Waals surface area contributed by atoms with E-state index >= 15 is 0 Å². The van der Waals surface area contributed by atoms with Gasteiger partial charge in [0.15, 0.2) is 0 Å². The maximum atomic E-state index is 8.93. The molecule has 1 unspecified atom stereocenters. The molecule has 2 aromatic rings. The highest BCUT2D eigenvalue weighted by Gasteiger charge is 2.11. The number of rotatable bonds is 3. The Morgan fingerprint density at radius 2 is 2.40 bits per heavy atom. The second-order valence-corrected chi connectivity index (χ2v) is 4.24. The molecule has 3 N–H and O–H groups in total. The van der Waals surface area contributed by atoms with Gasteiger partial charge in [-0.25, -0.2) is 4.98 Å². The number of hydrogen-bond acceptors (Lipinski definition) is 5. The number of methoxy groups -OCH3 is 1. The van der Waals surface area contributed by atoms with Crippen molar-refractivity contribution in [2.24, 2.45) is 5.73 Å². The molecule has 15 heavy (non-hydrogen) atoms. The van der Waals surface area contributed by atoms with Gasteiger partial charge < -0.3 is 15.6 Å². The van der Waals surface area contributed by atoms with Gasteiger partial charge in [0.05, 0.1) is 30.0 Å². The molecule has 2 rings (SSSR count). The van der Waals surface area contributed by atoms with Crippen LogP contribution in [0.1, 0.15) is 11.0 Å². The third-order valence-corrected chi connectivity index (χ3v) is 3.28. The first kappa shape index (κ1) is 10.4. The van der Waals surface area contributed by atoms with Crippen LogP contribution in [0, 0.1) is 0 Å². The van der Waals surface area contributed by atoms with Crippen LogP contribution < -0.4 is 10.5 Å². The highest BCUT2D eigenvalue weighted by atomic mass is 32.1. The topological polar surface area (TPSA) is 68.4 Å². The smallest absolute Gasteiger partial charge is 0.120 e. The predicted octanol–water partition coefficient (Wildman–Crippen LogP) is 1.30. The zero-order chi connectivity index (χ0) is 10.8. The molecule has 0 bridgehead atoms. The molecule has 1 atom stereocenters. The number of aromatic nitrogens is 1. The Balaban J connectivity index is 2.46.